The van der Waals surface area contributed by atoms with Gasteiger partial charge in [-0.3, -0.25) is 34.2 Å². The summed E-state index contributed by atoms with van der Waals surface area (Å²) in [5, 5.41) is 19.2. The Kier molecular flexibility index (Phi) is 11.5. The number of imidazole rings is 1. The van der Waals surface area contributed by atoms with E-state index in [-0.39, 0.29) is 35.6 Å². The molecule has 8 rings (SSSR count). The maximum atomic E-state index is 13.4. The summed E-state index contributed by atoms with van der Waals surface area (Å²) in [5.41, 5.74) is 0.0303. The van der Waals surface area contributed by atoms with Crippen LogP contribution in [0.1, 0.15) is 126 Å². The van der Waals surface area contributed by atoms with E-state index >= 15 is 0 Å². The second kappa shape index (κ2) is 16.6. The SMILES string of the molecule is CC(C)(O)c1cc2[nH]c(C3CCC(CN4CCC(CCNc5cccc6c5C(=O)N(C5CCC(=O)NC5=O)C6=O)CC4)CC3)nc2cc1NC(=O)c1cccc(C(F)(F)F)n1. The fraction of sp³-hybridized carbons (Fsp3) is 0.477. The van der Waals surface area contributed by atoms with Crippen LogP contribution < -0.4 is 16.0 Å². The van der Waals surface area contributed by atoms with Gasteiger partial charge in [0.05, 0.1) is 27.8 Å². The maximum absolute atomic E-state index is 13.4. The summed E-state index contributed by atoms with van der Waals surface area (Å²) in [6.45, 7) is 6.83. The third kappa shape index (κ3) is 8.89. The van der Waals surface area contributed by atoms with Crippen LogP contribution in [-0.4, -0.2) is 91.6 Å². The Labute approximate surface area is 350 Å². The molecule has 3 fully saturated rings. The molecule has 4 aliphatic rings. The molecule has 2 saturated heterocycles. The number of imide groups is 2. The van der Waals surface area contributed by atoms with Gasteiger partial charge in [-0.25, -0.2) is 9.97 Å². The molecule has 322 valence electrons. The number of benzene rings is 2. The Bertz CT molecular complexity index is 2380. The number of aromatic amines is 1. The molecule has 14 nitrogen and oxygen atoms in total. The first-order chi connectivity index (χ1) is 29.0. The van der Waals surface area contributed by atoms with Gasteiger partial charge in [-0.15, -0.1) is 0 Å². The highest BCUT2D eigenvalue weighted by Gasteiger charge is 2.45. The van der Waals surface area contributed by atoms with Crippen molar-refractivity contribution in [2.45, 2.75) is 95.4 Å². The molecule has 2 aromatic carbocycles. The molecule has 1 unspecified atom stereocenters. The van der Waals surface area contributed by atoms with E-state index in [0.29, 0.717) is 40.7 Å². The summed E-state index contributed by atoms with van der Waals surface area (Å²) in [6, 6.07) is 10.6. The lowest BCUT2D eigenvalue weighted by molar-refractivity contribution is -0.141. The minimum atomic E-state index is -4.70. The number of carbonyl (C=O) groups excluding carboxylic acids is 5. The lowest BCUT2D eigenvalue weighted by atomic mass is 9.81. The van der Waals surface area contributed by atoms with E-state index in [1.54, 1.807) is 44.2 Å². The molecule has 2 aromatic heterocycles. The van der Waals surface area contributed by atoms with E-state index in [1.807, 2.05) is 0 Å². The van der Waals surface area contributed by atoms with Gasteiger partial charge < -0.3 is 25.6 Å². The molecule has 5 amide bonds. The van der Waals surface area contributed by atoms with Crippen LogP contribution in [-0.2, 0) is 21.4 Å². The molecule has 4 aromatic rings. The van der Waals surface area contributed by atoms with E-state index in [4.69, 9.17) is 4.98 Å². The van der Waals surface area contributed by atoms with Crippen LogP contribution in [0, 0.1) is 11.8 Å². The third-order valence-corrected chi connectivity index (χ3v) is 12.6. The first-order valence-corrected chi connectivity index (χ1v) is 21.0. The van der Waals surface area contributed by atoms with Crippen molar-refractivity contribution >= 4 is 51.9 Å². The van der Waals surface area contributed by atoms with Crippen LogP contribution in [0.4, 0.5) is 24.5 Å². The average Bonchev–Trinajstić information content (AvgIpc) is 3.75. The number of likely N-dealkylation sites (tertiary alicyclic amines) is 1. The molecule has 0 spiro atoms. The number of fused-ring (bicyclic) bond motifs is 2. The first kappa shape index (κ1) is 42.0. The summed E-state index contributed by atoms with van der Waals surface area (Å²) in [6.07, 6.45) is 2.54. The number of H-pyrrole nitrogens is 1. The Balaban J connectivity index is 0.811. The number of amides is 5. The van der Waals surface area contributed by atoms with Gasteiger partial charge in [0.1, 0.15) is 23.3 Å². The molecule has 61 heavy (non-hydrogen) atoms. The van der Waals surface area contributed by atoms with Crippen molar-refractivity contribution in [1.29, 1.82) is 0 Å². The Morgan fingerprint density at radius 1 is 0.885 bits per heavy atom. The first-order valence-electron chi connectivity index (χ1n) is 21.0. The molecule has 5 N–H and O–H groups in total. The molecule has 17 heteroatoms. The van der Waals surface area contributed by atoms with E-state index in [0.717, 1.165) is 87.4 Å². The van der Waals surface area contributed by atoms with Crippen LogP contribution in [0.5, 0.6) is 0 Å². The number of nitrogens with one attached hydrogen (secondary N) is 4. The van der Waals surface area contributed by atoms with Gasteiger partial charge in [-0.05, 0) is 127 Å². The van der Waals surface area contributed by atoms with Crippen LogP contribution in [0.3, 0.4) is 0 Å². The number of hydrogen-bond donors (Lipinski definition) is 5. The van der Waals surface area contributed by atoms with Crippen molar-refractivity contribution in [3.8, 4) is 0 Å². The van der Waals surface area contributed by atoms with Crippen molar-refractivity contribution in [1.82, 2.24) is 30.1 Å². The maximum Gasteiger partial charge on any atom is 0.433 e. The fourth-order valence-corrected chi connectivity index (χ4v) is 9.30. The normalized spacial score (nSPS) is 21.8. The van der Waals surface area contributed by atoms with Crippen molar-refractivity contribution < 1.29 is 42.3 Å². The van der Waals surface area contributed by atoms with Crippen LogP contribution in [0.25, 0.3) is 11.0 Å². The number of halogens is 3. The monoisotopic (exact) mass is 842 g/mol. The Morgan fingerprint density at radius 2 is 1.62 bits per heavy atom. The number of rotatable bonds is 11. The molecular weight excluding hydrogens is 794 g/mol. The molecule has 3 aliphatic heterocycles. The predicted molar refractivity (Wildman–Crippen MR) is 219 cm³/mol. The number of piperidine rings is 2. The quantitative estimate of drug-likeness (QED) is 0.107. The molecule has 5 heterocycles. The number of aromatic nitrogens is 3. The van der Waals surface area contributed by atoms with E-state index in [1.165, 1.54) is 6.07 Å². The highest BCUT2D eigenvalue weighted by Crippen LogP contribution is 2.39. The van der Waals surface area contributed by atoms with Crippen molar-refractivity contribution in [3.05, 3.63) is 82.4 Å². The molecule has 0 bridgehead atoms. The van der Waals surface area contributed by atoms with Crippen molar-refractivity contribution in [3.63, 3.8) is 0 Å². The molecule has 1 atom stereocenters. The number of aliphatic hydroxyl groups is 1. The van der Waals surface area contributed by atoms with E-state index in [9.17, 15) is 42.3 Å². The molecular formula is C44H49F3N8O6. The highest BCUT2D eigenvalue weighted by atomic mass is 19.4. The predicted octanol–water partition coefficient (Wildman–Crippen LogP) is 6.35. The zero-order valence-electron chi connectivity index (χ0n) is 34.0. The molecule has 0 radical (unpaired) electrons. The number of alkyl halides is 3. The van der Waals surface area contributed by atoms with E-state index < -0.39 is 58.7 Å². The van der Waals surface area contributed by atoms with Gasteiger partial charge >= 0.3 is 6.18 Å². The van der Waals surface area contributed by atoms with Gasteiger partial charge in [-0.2, -0.15) is 13.2 Å². The highest BCUT2D eigenvalue weighted by molar-refractivity contribution is 6.25. The van der Waals surface area contributed by atoms with Gasteiger partial charge in [0, 0.05) is 42.4 Å². The zero-order valence-corrected chi connectivity index (χ0v) is 34.0. The lowest BCUT2D eigenvalue weighted by Gasteiger charge is -2.36. The van der Waals surface area contributed by atoms with Gasteiger partial charge in [0.25, 0.3) is 17.7 Å². The average molecular weight is 843 g/mol. The number of anilines is 2. The summed E-state index contributed by atoms with van der Waals surface area (Å²) in [5.74, 6) is -0.796. The van der Waals surface area contributed by atoms with Gasteiger partial charge in [-0.1, -0.05) is 12.1 Å². The summed E-state index contributed by atoms with van der Waals surface area (Å²) in [7, 11) is 0. The smallest absolute Gasteiger partial charge is 0.386 e. The summed E-state index contributed by atoms with van der Waals surface area (Å²) in [4.78, 5) is 79.1. The van der Waals surface area contributed by atoms with Gasteiger partial charge in [0.2, 0.25) is 11.8 Å². The number of carbonyl (C=O) groups is 5. The van der Waals surface area contributed by atoms with Crippen LogP contribution in [0.15, 0.2) is 48.5 Å². The molecule has 1 aliphatic carbocycles. The fourth-order valence-electron chi connectivity index (χ4n) is 9.30. The summed E-state index contributed by atoms with van der Waals surface area (Å²) >= 11 is 0. The van der Waals surface area contributed by atoms with E-state index in [2.05, 4.69) is 30.8 Å². The number of hydrogen-bond acceptors (Lipinski definition) is 10. The zero-order chi connectivity index (χ0) is 43.2. The van der Waals surface area contributed by atoms with Gasteiger partial charge in [0.15, 0.2) is 0 Å². The van der Waals surface area contributed by atoms with Crippen LogP contribution in [0.2, 0.25) is 0 Å². The number of pyridine rings is 1. The van der Waals surface area contributed by atoms with Crippen molar-refractivity contribution in [2.75, 3.05) is 36.8 Å². The number of nitrogens with zero attached hydrogens (tertiary/aromatic N) is 4. The summed E-state index contributed by atoms with van der Waals surface area (Å²) < 4.78 is 39.8. The second-order valence-electron chi connectivity index (χ2n) is 17.3. The minimum absolute atomic E-state index is 0.0694. The standard InChI is InChI=1S/C44H49F3N8O6/c1-43(2,61)28-21-32-33(22-31(28)52-39(57)30-7-4-8-35(49-30)44(45,46)47)51-38(50-32)26-11-9-25(10-12-26)23-54-19-16-24(17-20-54)15-18-48-29-6-3-5-27-37(29)42(60)55(41(27)59)34-13-14-36(56)53-40(34)58/h3-8,21-22,24-26,34,48,61H,9-20,23H2,1-2H3,(H,50,51)(H,52,57)(H,53,56,58). The minimum Gasteiger partial charge on any atom is -0.386 e. The topological polar surface area (TPSA) is 190 Å². The lowest BCUT2D eigenvalue weighted by Crippen LogP contribution is -2.54. The second-order valence-corrected chi connectivity index (χ2v) is 17.3. The Morgan fingerprint density at radius 3 is 2.33 bits per heavy atom. The third-order valence-electron chi connectivity index (χ3n) is 12.6. The largest absolute Gasteiger partial charge is 0.433 e. The Hall–Kier alpha value is -5.68. The van der Waals surface area contributed by atoms with Crippen molar-refractivity contribution in [2.24, 2.45) is 11.8 Å². The van der Waals surface area contributed by atoms with Crippen LogP contribution >= 0.6 is 0 Å². The molecule has 1 saturated carbocycles.